The highest BCUT2D eigenvalue weighted by Gasteiger charge is 2.37. The normalized spacial score (nSPS) is 12.5. The Hall–Kier alpha value is -1.55. The maximum Gasteiger partial charge on any atom is 0.359 e. The summed E-state index contributed by atoms with van der Waals surface area (Å²) in [6.07, 6.45) is -1.17. The molecule has 0 saturated carbocycles. The van der Waals surface area contributed by atoms with Gasteiger partial charge in [0.1, 0.15) is 0 Å². The van der Waals surface area contributed by atoms with E-state index in [1.54, 1.807) is 60.7 Å². The van der Waals surface area contributed by atoms with Gasteiger partial charge in [-0.1, -0.05) is 95.5 Å². The number of ketones is 1. The first-order valence-electron chi connectivity index (χ1n) is 6.31. The molecule has 0 amide bonds. The third-order valence-corrected chi connectivity index (χ3v) is 3.32. The Kier molecular flexibility index (Phi) is 5.46. The molecule has 0 aliphatic heterocycles. The van der Waals surface area contributed by atoms with Gasteiger partial charge in [-0.15, -0.1) is 0 Å². The van der Waals surface area contributed by atoms with Crippen LogP contribution in [0, 0.1) is 0 Å². The van der Waals surface area contributed by atoms with Gasteiger partial charge in [-0.05, 0) is 0 Å². The largest absolute Gasteiger partial charge is 0.446 e. The van der Waals surface area contributed by atoms with Crippen molar-refractivity contribution < 1.29 is 14.3 Å². The van der Waals surface area contributed by atoms with Crippen molar-refractivity contribution in [1.29, 1.82) is 0 Å². The molecule has 0 aliphatic rings. The van der Waals surface area contributed by atoms with E-state index < -0.39 is 21.6 Å². The fourth-order valence-electron chi connectivity index (χ4n) is 1.83. The molecule has 114 valence electrons. The molecular formula is C16H11Cl3O3. The summed E-state index contributed by atoms with van der Waals surface area (Å²) in [5.74, 6) is -1.50. The number of carbonyl (C=O) groups is 2. The molecule has 3 nitrogen and oxygen atoms in total. The van der Waals surface area contributed by atoms with Gasteiger partial charge in [0.05, 0.1) is 0 Å². The number of alkyl halides is 3. The first kappa shape index (κ1) is 16.8. The van der Waals surface area contributed by atoms with Crippen molar-refractivity contribution in [2.24, 2.45) is 0 Å². The molecule has 1 atom stereocenters. The summed E-state index contributed by atoms with van der Waals surface area (Å²) < 4.78 is 2.89. The van der Waals surface area contributed by atoms with Gasteiger partial charge < -0.3 is 4.74 Å². The smallest absolute Gasteiger partial charge is 0.359 e. The molecule has 2 aromatic carbocycles. The molecule has 0 N–H and O–H groups in total. The molecule has 0 aromatic heterocycles. The van der Waals surface area contributed by atoms with E-state index in [4.69, 9.17) is 39.5 Å². The highest BCUT2D eigenvalue weighted by molar-refractivity contribution is 6.75. The Bertz CT molecular complexity index is 651. The first-order chi connectivity index (χ1) is 10.4. The summed E-state index contributed by atoms with van der Waals surface area (Å²) in [6.45, 7) is 0. The predicted octanol–water partition coefficient (Wildman–Crippen LogP) is 4.52. The van der Waals surface area contributed by atoms with Crippen LogP contribution in [0.3, 0.4) is 0 Å². The molecule has 0 spiro atoms. The molecule has 6 heteroatoms. The zero-order chi connectivity index (χ0) is 16.2. The number of carbonyl (C=O) groups excluding carboxylic acids is 2. The fraction of sp³-hybridized carbons (Fsp3) is 0.125. The van der Waals surface area contributed by atoms with Gasteiger partial charge in [0.15, 0.2) is 6.10 Å². The lowest BCUT2D eigenvalue weighted by atomic mass is 10.00. The topological polar surface area (TPSA) is 43.4 Å². The van der Waals surface area contributed by atoms with E-state index in [2.05, 4.69) is 0 Å². The lowest BCUT2D eigenvalue weighted by Crippen LogP contribution is -2.27. The number of hydrogen-bond acceptors (Lipinski definition) is 3. The number of Topliss-reactive ketones (excluding diaryl/α,β-unsaturated/α-hetero) is 1. The van der Waals surface area contributed by atoms with Crippen molar-refractivity contribution in [1.82, 2.24) is 0 Å². The Balaban J connectivity index is 2.34. The molecule has 0 saturated heterocycles. The molecule has 0 heterocycles. The predicted molar refractivity (Wildman–Crippen MR) is 86.3 cm³/mol. The number of ether oxygens (including phenoxy) is 1. The van der Waals surface area contributed by atoms with Crippen LogP contribution in [-0.4, -0.2) is 15.5 Å². The molecule has 1 unspecified atom stereocenters. The van der Waals surface area contributed by atoms with Gasteiger partial charge in [0.2, 0.25) is 5.78 Å². The van der Waals surface area contributed by atoms with Crippen LogP contribution in [-0.2, 0) is 9.53 Å². The Morgan fingerprint density at radius 2 is 1.36 bits per heavy atom. The average molecular weight is 358 g/mol. The average Bonchev–Trinajstić information content (AvgIpc) is 2.52. The van der Waals surface area contributed by atoms with Crippen molar-refractivity contribution in [3.8, 4) is 0 Å². The van der Waals surface area contributed by atoms with Crippen molar-refractivity contribution in [3.05, 3.63) is 71.8 Å². The molecule has 0 radical (unpaired) electrons. The van der Waals surface area contributed by atoms with Crippen LogP contribution in [0.5, 0.6) is 0 Å². The molecule has 0 bridgehead atoms. The van der Waals surface area contributed by atoms with E-state index in [0.717, 1.165) is 0 Å². The van der Waals surface area contributed by atoms with Crippen LogP contribution >= 0.6 is 34.8 Å². The van der Waals surface area contributed by atoms with E-state index in [0.29, 0.717) is 11.1 Å². The molecule has 2 rings (SSSR count). The van der Waals surface area contributed by atoms with Crippen LogP contribution in [0.25, 0.3) is 0 Å². The van der Waals surface area contributed by atoms with Crippen molar-refractivity contribution in [3.63, 3.8) is 0 Å². The summed E-state index contributed by atoms with van der Waals surface area (Å²) in [7, 11) is 0. The summed E-state index contributed by atoms with van der Waals surface area (Å²) in [4.78, 5) is 24.4. The summed E-state index contributed by atoms with van der Waals surface area (Å²) in [5.41, 5.74) is 0.896. The Morgan fingerprint density at radius 3 is 1.86 bits per heavy atom. The van der Waals surface area contributed by atoms with Gasteiger partial charge in [-0.25, -0.2) is 4.79 Å². The Morgan fingerprint density at radius 1 is 0.864 bits per heavy atom. The third kappa shape index (κ3) is 4.23. The highest BCUT2D eigenvalue weighted by atomic mass is 35.6. The van der Waals surface area contributed by atoms with E-state index in [9.17, 15) is 9.59 Å². The molecule has 0 aliphatic carbocycles. The molecule has 2 aromatic rings. The maximum atomic E-state index is 12.6. The second-order valence-electron chi connectivity index (χ2n) is 4.42. The lowest BCUT2D eigenvalue weighted by Gasteiger charge is -2.19. The summed E-state index contributed by atoms with van der Waals surface area (Å²) >= 11 is 16.5. The van der Waals surface area contributed by atoms with Gasteiger partial charge in [0.25, 0.3) is 3.79 Å². The third-order valence-electron chi connectivity index (χ3n) is 2.86. The van der Waals surface area contributed by atoms with Crippen LogP contribution in [0.4, 0.5) is 0 Å². The number of rotatable bonds is 4. The minimum absolute atomic E-state index is 0.394. The van der Waals surface area contributed by atoms with Crippen LogP contribution in [0.1, 0.15) is 22.0 Å². The van der Waals surface area contributed by atoms with Crippen LogP contribution < -0.4 is 0 Å². The summed E-state index contributed by atoms with van der Waals surface area (Å²) in [6, 6.07) is 17.0. The van der Waals surface area contributed by atoms with E-state index >= 15 is 0 Å². The zero-order valence-electron chi connectivity index (χ0n) is 11.2. The number of halogens is 3. The second kappa shape index (κ2) is 7.14. The van der Waals surface area contributed by atoms with Crippen molar-refractivity contribution in [2.45, 2.75) is 9.90 Å². The first-order valence-corrected chi connectivity index (χ1v) is 7.45. The van der Waals surface area contributed by atoms with E-state index in [1.807, 2.05) is 0 Å². The highest BCUT2D eigenvalue weighted by Crippen LogP contribution is 2.31. The van der Waals surface area contributed by atoms with Crippen molar-refractivity contribution >= 4 is 46.6 Å². The van der Waals surface area contributed by atoms with Crippen LogP contribution in [0.15, 0.2) is 60.7 Å². The van der Waals surface area contributed by atoms with Crippen LogP contribution in [0.2, 0.25) is 0 Å². The summed E-state index contributed by atoms with van der Waals surface area (Å²) in [5, 5.41) is 0. The lowest BCUT2D eigenvalue weighted by molar-refractivity contribution is -0.146. The number of hydrogen-bond donors (Lipinski definition) is 0. The minimum atomic E-state index is -2.25. The van der Waals surface area contributed by atoms with Gasteiger partial charge >= 0.3 is 5.97 Å². The van der Waals surface area contributed by atoms with Gasteiger partial charge in [-0.2, -0.15) is 0 Å². The molecular weight excluding hydrogens is 347 g/mol. The number of benzene rings is 2. The maximum absolute atomic E-state index is 12.6. The number of esters is 1. The second-order valence-corrected chi connectivity index (χ2v) is 6.71. The van der Waals surface area contributed by atoms with E-state index in [-0.39, 0.29) is 0 Å². The fourth-order valence-corrected chi connectivity index (χ4v) is 1.96. The zero-order valence-corrected chi connectivity index (χ0v) is 13.5. The van der Waals surface area contributed by atoms with Gasteiger partial charge in [-0.3, -0.25) is 4.79 Å². The van der Waals surface area contributed by atoms with E-state index in [1.165, 1.54) is 0 Å². The standard InChI is InChI=1S/C16H11Cl3O3/c17-16(18,19)15(21)22-14(12-9-5-2-6-10-12)13(20)11-7-3-1-4-8-11/h1-10,14H. The monoisotopic (exact) mass is 356 g/mol. The Labute approximate surface area is 142 Å². The SMILES string of the molecule is O=C(c1ccccc1)C(OC(=O)C(Cl)(Cl)Cl)c1ccccc1. The minimum Gasteiger partial charge on any atom is -0.446 e. The van der Waals surface area contributed by atoms with Gasteiger partial charge in [0, 0.05) is 11.1 Å². The quantitative estimate of drug-likeness (QED) is 0.459. The molecule has 22 heavy (non-hydrogen) atoms. The van der Waals surface area contributed by atoms with Crippen molar-refractivity contribution in [2.75, 3.05) is 0 Å². The molecule has 0 fully saturated rings.